The van der Waals surface area contributed by atoms with Crippen LogP contribution in [0.5, 0.6) is 0 Å². The van der Waals surface area contributed by atoms with Crippen LogP contribution in [0.4, 0.5) is 0 Å². The molecule has 0 heterocycles. The summed E-state index contributed by atoms with van der Waals surface area (Å²) in [6.45, 7) is 0. The minimum Gasteiger partial charge on any atom is -0.0623 e. The first-order valence-electron chi connectivity index (χ1n) is 3.24. The molecule has 0 amide bonds. The lowest BCUT2D eigenvalue weighted by Crippen LogP contribution is -1.47. The maximum atomic E-state index is 7.05. The van der Waals surface area contributed by atoms with Gasteiger partial charge in [0.1, 0.15) is 0 Å². The fourth-order valence-corrected chi connectivity index (χ4v) is 0.269. The van der Waals surface area contributed by atoms with Gasteiger partial charge in [-0.2, -0.15) is 0 Å². The average molecular weight is 81.1 g/mol. The van der Waals surface area contributed by atoms with Crippen LogP contribution >= 0.6 is 0 Å². The van der Waals surface area contributed by atoms with Gasteiger partial charge in [0, 0.05) is 0 Å². The molecule has 0 atom stereocenters. The van der Waals surface area contributed by atoms with Gasteiger partial charge in [0.05, 0.1) is 4.11 Å². The van der Waals surface area contributed by atoms with E-state index in [-0.39, 0.29) is 18.1 Å². The predicted octanol–water partition coefficient (Wildman–Crippen LogP) is 1.69. The molecule has 0 aliphatic carbocycles. The fraction of sp³-hybridized carbons (Fsp3) is 0. The maximum absolute atomic E-state index is 7.05. The predicted molar refractivity (Wildman–Crippen MR) is 26.4 cm³/mol. The molecule has 1 aromatic rings. The van der Waals surface area contributed by atoms with E-state index in [1.165, 1.54) is 18.2 Å². The number of benzene rings is 1. The molecule has 0 radical (unpaired) electrons. The highest BCUT2D eigenvalue weighted by molar-refractivity contribution is 4.99. The van der Waals surface area contributed by atoms with Crippen molar-refractivity contribution in [2.24, 2.45) is 0 Å². The van der Waals surface area contributed by atoms with Gasteiger partial charge < -0.3 is 0 Å². The van der Waals surface area contributed by atoms with Crippen molar-refractivity contribution in [1.82, 2.24) is 0 Å². The first-order valence-corrected chi connectivity index (χ1v) is 1.74. The van der Waals surface area contributed by atoms with E-state index in [0.717, 1.165) is 0 Å². The molecule has 1 aromatic carbocycles. The van der Waals surface area contributed by atoms with Gasteiger partial charge in [-0.05, 0) is 0 Å². The molecule has 1 rings (SSSR count). The van der Waals surface area contributed by atoms with Crippen LogP contribution in [0, 0.1) is 0 Å². The highest BCUT2D eigenvalue weighted by atomic mass is 13.6. The van der Waals surface area contributed by atoms with Crippen LogP contribution in [0.3, 0.4) is 0 Å². The quantitative estimate of drug-likeness (QED) is 0.445. The summed E-state index contributed by atoms with van der Waals surface area (Å²) < 4.78 is 21.1. The van der Waals surface area contributed by atoms with Crippen molar-refractivity contribution in [1.29, 1.82) is 0 Å². The molecule has 0 spiro atoms. The van der Waals surface area contributed by atoms with E-state index in [0.29, 0.717) is 0 Å². The number of hydrogen-bond acceptors (Lipinski definition) is 0. The van der Waals surface area contributed by atoms with E-state index in [2.05, 4.69) is 0 Å². The summed E-state index contributed by atoms with van der Waals surface area (Å²) in [5.41, 5.74) is 0. The molecule has 0 aliphatic rings. The van der Waals surface area contributed by atoms with Crippen molar-refractivity contribution >= 4 is 0 Å². The Hall–Kier alpha value is -0.780. The summed E-state index contributed by atoms with van der Waals surface area (Å²) in [6, 6.07) is 4.87. The molecule has 30 valence electrons. The van der Waals surface area contributed by atoms with Crippen LogP contribution in [0.1, 0.15) is 4.11 Å². The maximum Gasteiger partial charge on any atom is 0.0623 e. The topological polar surface area (TPSA) is 0 Å². The molecule has 0 fully saturated rings. The molecular formula is C6H6. The minimum absolute atomic E-state index is 0.113. The Balaban J connectivity index is 3.17. The standard InChI is InChI=1S/C6H6/c1-2-4-6-5-3-1/h1-6H/i1D,2D,5D. The third-order valence-corrected chi connectivity index (χ3v) is 0.502. The normalized spacial score (nSPS) is 15.0. The van der Waals surface area contributed by atoms with E-state index >= 15 is 0 Å². The second-order valence-corrected chi connectivity index (χ2v) is 0.933. The molecule has 0 heteroatoms. The smallest absolute Gasteiger partial charge is 0.0623 e. The minimum atomic E-state index is 0.113. The molecule has 0 bridgehead atoms. The summed E-state index contributed by atoms with van der Waals surface area (Å²) in [7, 11) is 0. The molecule has 0 aliphatic heterocycles. The van der Waals surface area contributed by atoms with Crippen molar-refractivity contribution in [3.05, 3.63) is 36.3 Å². The van der Waals surface area contributed by atoms with Gasteiger partial charge in [0.25, 0.3) is 0 Å². The van der Waals surface area contributed by atoms with E-state index in [1.54, 1.807) is 0 Å². The first kappa shape index (κ1) is 1.38. The van der Waals surface area contributed by atoms with E-state index < -0.39 is 0 Å². The van der Waals surface area contributed by atoms with E-state index in [4.69, 9.17) is 4.11 Å². The molecule has 0 unspecified atom stereocenters. The highest BCUT2D eigenvalue weighted by Gasteiger charge is 1.57. The van der Waals surface area contributed by atoms with Gasteiger partial charge in [-0.25, -0.2) is 0 Å². The molecule has 0 aromatic heterocycles. The first-order chi connectivity index (χ1) is 4.20. The lowest BCUT2D eigenvalue weighted by molar-refractivity contribution is 1.72. The molecule has 0 saturated carbocycles. The van der Waals surface area contributed by atoms with Gasteiger partial charge in [0.2, 0.25) is 0 Å². The summed E-state index contributed by atoms with van der Waals surface area (Å²) in [5, 5.41) is 0. The average Bonchev–Trinajstić information content (AvgIpc) is 1.80. The molecular weight excluding hydrogens is 72.1 g/mol. The van der Waals surface area contributed by atoms with E-state index in [1.807, 2.05) is 0 Å². The largest absolute Gasteiger partial charge is 0.0623 e. The van der Waals surface area contributed by atoms with Crippen molar-refractivity contribution < 1.29 is 4.11 Å². The third-order valence-electron chi connectivity index (χ3n) is 0.502. The van der Waals surface area contributed by atoms with Crippen molar-refractivity contribution in [3.63, 3.8) is 0 Å². The third kappa shape index (κ3) is 0.582. The second kappa shape index (κ2) is 1.61. The zero-order valence-corrected chi connectivity index (χ0v) is 3.23. The van der Waals surface area contributed by atoms with Gasteiger partial charge >= 0.3 is 0 Å². The second-order valence-electron chi connectivity index (χ2n) is 0.933. The van der Waals surface area contributed by atoms with E-state index in [9.17, 15) is 0 Å². The summed E-state index contributed by atoms with van der Waals surface area (Å²) in [4.78, 5) is 0. The Morgan fingerprint density at radius 2 is 1.50 bits per heavy atom. The van der Waals surface area contributed by atoms with Crippen molar-refractivity contribution in [2.45, 2.75) is 0 Å². The van der Waals surface area contributed by atoms with Gasteiger partial charge in [-0.3, -0.25) is 0 Å². The number of rotatable bonds is 0. The van der Waals surface area contributed by atoms with Crippen LogP contribution in [0.2, 0.25) is 0 Å². The summed E-state index contributed by atoms with van der Waals surface area (Å²) >= 11 is 0. The Kier molecular flexibility index (Phi) is 0.368. The molecule has 0 nitrogen and oxygen atoms in total. The van der Waals surface area contributed by atoms with Crippen LogP contribution < -0.4 is 0 Å². The lowest BCUT2D eigenvalue weighted by Gasteiger charge is -1.69. The summed E-state index contributed by atoms with van der Waals surface area (Å²) in [5.74, 6) is 0. The van der Waals surface area contributed by atoms with Gasteiger partial charge in [-0.1, -0.05) is 36.3 Å². The summed E-state index contributed by atoms with van der Waals surface area (Å²) in [6.07, 6.45) is 0. The molecule has 0 saturated heterocycles. The van der Waals surface area contributed by atoms with Crippen molar-refractivity contribution in [2.75, 3.05) is 0 Å². The Bertz CT molecular complexity index is 220. The Morgan fingerprint density at radius 3 is 2.17 bits per heavy atom. The van der Waals surface area contributed by atoms with Crippen LogP contribution in [-0.2, 0) is 0 Å². The number of hydrogen-bond donors (Lipinski definition) is 0. The van der Waals surface area contributed by atoms with Crippen LogP contribution in [-0.4, -0.2) is 0 Å². The fourth-order valence-electron chi connectivity index (χ4n) is 0.269. The SMILES string of the molecule is [2H]c1ccc([2H])c([2H])c1. The lowest BCUT2D eigenvalue weighted by atomic mass is 10.4. The van der Waals surface area contributed by atoms with Crippen molar-refractivity contribution in [3.8, 4) is 0 Å². The zero-order valence-electron chi connectivity index (χ0n) is 6.23. The van der Waals surface area contributed by atoms with Crippen LogP contribution in [0.25, 0.3) is 0 Å². The monoisotopic (exact) mass is 81.1 g/mol. The molecule has 0 N–H and O–H groups in total. The molecule has 6 heavy (non-hydrogen) atoms. The van der Waals surface area contributed by atoms with Gasteiger partial charge in [-0.15, -0.1) is 0 Å². The zero-order chi connectivity index (χ0) is 6.85. The van der Waals surface area contributed by atoms with Gasteiger partial charge in [0.15, 0.2) is 0 Å². The highest BCUT2D eigenvalue weighted by Crippen LogP contribution is 1.79. The Morgan fingerprint density at radius 1 is 0.833 bits per heavy atom. The van der Waals surface area contributed by atoms with Crippen LogP contribution in [0.15, 0.2) is 36.3 Å². The Labute approximate surface area is 41.6 Å².